The number of aliphatic hydroxyl groups excluding tert-OH is 2. The molecule has 0 aromatic heterocycles. The summed E-state index contributed by atoms with van der Waals surface area (Å²) in [6.45, 7) is 8.33. The average molecular weight is 284 g/mol. The lowest BCUT2D eigenvalue weighted by Gasteiger charge is -2.44. The molecular formula is C18H36O2. The van der Waals surface area contributed by atoms with Gasteiger partial charge in [-0.3, -0.25) is 0 Å². The summed E-state index contributed by atoms with van der Waals surface area (Å²) in [6, 6.07) is 0. The second kappa shape index (κ2) is 9.04. The molecule has 0 aromatic carbocycles. The van der Waals surface area contributed by atoms with Crippen molar-refractivity contribution in [3.8, 4) is 0 Å². The van der Waals surface area contributed by atoms with Crippen molar-refractivity contribution < 1.29 is 10.2 Å². The predicted octanol–water partition coefficient (Wildman–Crippen LogP) is 4.39. The van der Waals surface area contributed by atoms with Crippen LogP contribution in [-0.4, -0.2) is 22.4 Å². The Labute approximate surface area is 126 Å². The second-order valence-electron chi connectivity index (χ2n) is 7.08. The van der Waals surface area contributed by atoms with Crippen LogP contribution < -0.4 is 0 Å². The van der Waals surface area contributed by atoms with E-state index in [1.54, 1.807) is 0 Å². The van der Waals surface area contributed by atoms with E-state index in [0.29, 0.717) is 0 Å². The fraction of sp³-hybridized carbons (Fsp3) is 1.00. The van der Waals surface area contributed by atoms with E-state index < -0.39 is 0 Å². The average Bonchev–Trinajstić information content (AvgIpc) is 2.42. The van der Waals surface area contributed by atoms with Crippen LogP contribution in [0.2, 0.25) is 0 Å². The van der Waals surface area contributed by atoms with E-state index in [9.17, 15) is 10.2 Å². The molecule has 6 atom stereocenters. The highest BCUT2D eigenvalue weighted by molar-refractivity contribution is 4.89. The molecule has 6 unspecified atom stereocenters. The first-order valence-corrected chi connectivity index (χ1v) is 8.87. The van der Waals surface area contributed by atoms with Gasteiger partial charge in [0.1, 0.15) is 0 Å². The number of rotatable bonds is 8. The normalized spacial score (nSPS) is 33.9. The third kappa shape index (κ3) is 5.04. The van der Waals surface area contributed by atoms with E-state index in [0.717, 1.165) is 24.7 Å². The van der Waals surface area contributed by atoms with Gasteiger partial charge in [0.05, 0.1) is 12.2 Å². The molecule has 1 saturated carbocycles. The summed E-state index contributed by atoms with van der Waals surface area (Å²) < 4.78 is 0. The van der Waals surface area contributed by atoms with Crippen molar-refractivity contribution in [1.29, 1.82) is 0 Å². The maximum Gasteiger partial charge on any atom is 0.0543 e. The molecule has 0 spiro atoms. The van der Waals surface area contributed by atoms with Gasteiger partial charge < -0.3 is 10.2 Å². The summed E-state index contributed by atoms with van der Waals surface area (Å²) in [5.74, 6) is 2.09. The van der Waals surface area contributed by atoms with Crippen LogP contribution in [0.4, 0.5) is 0 Å². The first kappa shape index (κ1) is 18.0. The Kier molecular flexibility index (Phi) is 8.13. The first-order valence-electron chi connectivity index (χ1n) is 8.87. The third-order valence-corrected chi connectivity index (χ3v) is 5.46. The van der Waals surface area contributed by atoms with Crippen LogP contribution in [0, 0.1) is 23.7 Å². The zero-order valence-corrected chi connectivity index (χ0v) is 14.0. The van der Waals surface area contributed by atoms with Gasteiger partial charge in [-0.05, 0) is 50.4 Å². The van der Waals surface area contributed by atoms with Crippen molar-refractivity contribution in [2.24, 2.45) is 23.7 Å². The van der Waals surface area contributed by atoms with Crippen molar-refractivity contribution in [2.45, 2.75) is 91.3 Å². The van der Waals surface area contributed by atoms with Crippen LogP contribution in [-0.2, 0) is 0 Å². The minimum atomic E-state index is -0.286. The van der Waals surface area contributed by atoms with E-state index in [1.165, 1.54) is 38.5 Å². The molecule has 0 saturated heterocycles. The Bertz CT molecular complexity index is 224. The Hall–Kier alpha value is -0.0800. The van der Waals surface area contributed by atoms with Gasteiger partial charge in [-0.1, -0.05) is 52.4 Å². The SMILES string of the molecule is CCCCC1CC(C(C)O)C(C(C)O)CC1CCCC. The molecule has 1 aliphatic rings. The Morgan fingerprint density at radius 3 is 1.40 bits per heavy atom. The molecule has 0 radical (unpaired) electrons. The highest BCUT2D eigenvalue weighted by Gasteiger charge is 2.40. The maximum atomic E-state index is 10.1. The summed E-state index contributed by atoms with van der Waals surface area (Å²) in [6.07, 6.45) is 9.39. The molecule has 2 nitrogen and oxygen atoms in total. The van der Waals surface area contributed by atoms with Crippen LogP contribution in [0.25, 0.3) is 0 Å². The molecular weight excluding hydrogens is 248 g/mol. The zero-order valence-electron chi connectivity index (χ0n) is 14.0. The molecule has 2 heteroatoms. The number of hydrogen-bond acceptors (Lipinski definition) is 2. The van der Waals surface area contributed by atoms with Crippen molar-refractivity contribution in [3.05, 3.63) is 0 Å². The fourth-order valence-corrected chi connectivity index (χ4v) is 4.18. The van der Waals surface area contributed by atoms with Crippen molar-refractivity contribution in [1.82, 2.24) is 0 Å². The van der Waals surface area contributed by atoms with Crippen molar-refractivity contribution in [3.63, 3.8) is 0 Å². The predicted molar refractivity (Wildman–Crippen MR) is 85.6 cm³/mol. The lowest BCUT2D eigenvalue weighted by molar-refractivity contribution is -0.0388. The van der Waals surface area contributed by atoms with E-state index in [1.807, 2.05) is 13.8 Å². The van der Waals surface area contributed by atoms with E-state index in [4.69, 9.17) is 0 Å². The smallest absolute Gasteiger partial charge is 0.0543 e. The van der Waals surface area contributed by atoms with E-state index in [-0.39, 0.29) is 24.0 Å². The van der Waals surface area contributed by atoms with Crippen LogP contribution in [0.1, 0.15) is 79.1 Å². The quantitative estimate of drug-likeness (QED) is 0.694. The first-order chi connectivity index (χ1) is 9.51. The van der Waals surface area contributed by atoms with Gasteiger partial charge in [-0.2, -0.15) is 0 Å². The lowest BCUT2D eigenvalue weighted by atomic mass is 9.63. The molecule has 20 heavy (non-hydrogen) atoms. The van der Waals surface area contributed by atoms with Crippen molar-refractivity contribution >= 4 is 0 Å². The Morgan fingerprint density at radius 2 is 1.15 bits per heavy atom. The van der Waals surface area contributed by atoms with Crippen molar-refractivity contribution in [2.75, 3.05) is 0 Å². The topological polar surface area (TPSA) is 40.5 Å². The Balaban J connectivity index is 2.74. The summed E-state index contributed by atoms with van der Waals surface area (Å²) in [5, 5.41) is 20.2. The second-order valence-corrected chi connectivity index (χ2v) is 7.08. The standard InChI is InChI=1S/C18H36O2/c1-5-7-9-15-11-17(13(3)19)18(14(4)20)12-16(15)10-8-6-2/h13-20H,5-12H2,1-4H3. The monoisotopic (exact) mass is 284 g/mol. The molecule has 0 bridgehead atoms. The molecule has 0 aromatic rings. The molecule has 0 amide bonds. The van der Waals surface area contributed by atoms with Crippen LogP contribution in [0.3, 0.4) is 0 Å². The maximum absolute atomic E-state index is 10.1. The van der Waals surface area contributed by atoms with Gasteiger partial charge >= 0.3 is 0 Å². The molecule has 120 valence electrons. The van der Waals surface area contributed by atoms with Gasteiger partial charge in [-0.25, -0.2) is 0 Å². The fourth-order valence-electron chi connectivity index (χ4n) is 4.18. The van der Waals surface area contributed by atoms with Crippen LogP contribution >= 0.6 is 0 Å². The third-order valence-electron chi connectivity index (χ3n) is 5.46. The van der Waals surface area contributed by atoms with Gasteiger partial charge in [0, 0.05) is 0 Å². The van der Waals surface area contributed by atoms with Gasteiger partial charge in [0.15, 0.2) is 0 Å². The minimum absolute atomic E-state index is 0.286. The molecule has 1 aliphatic carbocycles. The summed E-state index contributed by atoms with van der Waals surface area (Å²) in [5.41, 5.74) is 0. The summed E-state index contributed by atoms with van der Waals surface area (Å²) in [4.78, 5) is 0. The van der Waals surface area contributed by atoms with Crippen LogP contribution in [0.15, 0.2) is 0 Å². The summed E-state index contributed by atoms with van der Waals surface area (Å²) in [7, 11) is 0. The molecule has 0 heterocycles. The Morgan fingerprint density at radius 1 is 0.800 bits per heavy atom. The van der Waals surface area contributed by atoms with Gasteiger partial charge in [0.2, 0.25) is 0 Å². The highest BCUT2D eigenvalue weighted by atomic mass is 16.3. The summed E-state index contributed by atoms with van der Waals surface area (Å²) >= 11 is 0. The number of hydrogen-bond donors (Lipinski definition) is 2. The van der Waals surface area contributed by atoms with E-state index >= 15 is 0 Å². The minimum Gasteiger partial charge on any atom is -0.393 e. The largest absolute Gasteiger partial charge is 0.393 e. The molecule has 1 fully saturated rings. The molecule has 2 N–H and O–H groups in total. The van der Waals surface area contributed by atoms with Crippen LogP contribution in [0.5, 0.6) is 0 Å². The lowest BCUT2D eigenvalue weighted by Crippen LogP contribution is -2.41. The van der Waals surface area contributed by atoms with Gasteiger partial charge in [0.25, 0.3) is 0 Å². The number of unbranched alkanes of at least 4 members (excludes halogenated alkanes) is 2. The van der Waals surface area contributed by atoms with Gasteiger partial charge in [-0.15, -0.1) is 0 Å². The van der Waals surface area contributed by atoms with E-state index in [2.05, 4.69) is 13.8 Å². The molecule has 1 rings (SSSR count). The molecule has 0 aliphatic heterocycles. The number of aliphatic hydroxyl groups is 2. The zero-order chi connectivity index (χ0) is 15.1. The highest BCUT2D eigenvalue weighted by Crippen LogP contribution is 2.45.